The zero-order valence-electron chi connectivity index (χ0n) is 61.7. The van der Waals surface area contributed by atoms with Crippen molar-refractivity contribution < 1.29 is 42.1 Å². The van der Waals surface area contributed by atoms with Gasteiger partial charge in [0, 0.05) is 12.8 Å². The van der Waals surface area contributed by atoms with E-state index in [1.807, 2.05) is 21.1 Å². The molecule has 94 heavy (non-hydrogen) atoms. The van der Waals surface area contributed by atoms with Gasteiger partial charge in [0.25, 0.3) is 0 Å². The first-order valence-electron chi connectivity index (χ1n) is 38.9. The molecule has 0 aliphatic carbocycles. The Bertz CT molecular complexity index is 2050. The van der Waals surface area contributed by atoms with Gasteiger partial charge >= 0.3 is 19.8 Å². The van der Waals surface area contributed by atoms with Crippen LogP contribution in [0.3, 0.4) is 0 Å². The predicted octanol–water partition coefficient (Wildman–Crippen LogP) is 25.9. The van der Waals surface area contributed by atoms with Gasteiger partial charge in [0.15, 0.2) is 6.10 Å². The normalized spacial score (nSPS) is 13.8. The van der Waals surface area contributed by atoms with Crippen LogP contribution in [0.15, 0.2) is 134 Å². The van der Waals surface area contributed by atoms with Gasteiger partial charge in [-0.15, -0.1) is 0 Å². The molecule has 0 saturated carbocycles. The maximum Gasteiger partial charge on any atom is 0.472 e. The molecular weight excluding hydrogens is 1180 g/mol. The van der Waals surface area contributed by atoms with Crippen molar-refractivity contribution in [3.05, 3.63) is 134 Å². The lowest BCUT2D eigenvalue weighted by Crippen LogP contribution is -2.37. The highest BCUT2D eigenvalue weighted by atomic mass is 31.2. The molecule has 0 saturated heterocycles. The number of likely N-dealkylation sites (N-methyl/N-ethyl adjacent to an activating group) is 1. The number of phosphoric ester groups is 1. The molecule has 0 amide bonds. The fraction of sp³-hybridized carbons (Fsp3) is 0.714. The Hall–Kier alpha value is -3.85. The number of esters is 2. The Morgan fingerprint density at radius 2 is 0.606 bits per heavy atom. The number of hydrogen-bond acceptors (Lipinski definition) is 7. The molecule has 9 nitrogen and oxygen atoms in total. The van der Waals surface area contributed by atoms with Crippen LogP contribution in [-0.2, 0) is 32.7 Å². The lowest BCUT2D eigenvalue weighted by molar-refractivity contribution is -0.870. The minimum Gasteiger partial charge on any atom is -0.462 e. The molecule has 540 valence electrons. The number of quaternary nitrogens is 1. The molecule has 2 atom stereocenters. The van der Waals surface area contributed by atoms with Crippen molar-refractivity contribution in [3.63, 3.8) is 0 Å². The Balaban J connectivity index is 4.04. The van der Waals surface area contributed by atoms with Crippen LogP contribution in [0.4, 0.5) is 0 Å². The van der Waals surface area contributed by atoms with Crippen LogP contribution in [0.25, 0.3) is 0 Å². The minimum absolute atomic E-state index is 0.0260. The molecule has 0 aliphatic rings. The molecule has 0 aromatic heterocycles. The van der Waals surface area contributed by atoms with Crippen molar-refractivity contribution in [3.8, 4) is 0 Å². The third kappa shape index (κ3) is 77.2. The summed E-state index contributed by atoms with van der Waals surface area (Å²) in [6, 6.07) is 0. The van der Waals surface area contributed by atoms with Crippen molar-refractivity contribution in [2.75, 3.05) is 47.5 Å². The van der Waals surface area contributed by atoms with Gasteiger partial charge in [-0.2, -0.15) is 0 Å². The van der Waals surface area contributed by atoms with Crippen molar-refractivity contribution >= 4 is 19.8 Å². The SMILES string of the molecule is CC/C=C\C/C=C\C/C=C\C/C=C\C/C=C\C/C=C\C/C=C\C/C=C\C/C=C\CCCCCCCCCCCC(=O)OC(COC(=O)CCCCCCCCCCCCCCCCCCCCCCC/C=C\C/C=C\CCCCCCC)COP(=O)(O)OCC[N+](C)(C)C. The van der Waals surface area contributed by atoms with Gasteiger partial charge in [-0.05, 0) is 116 Å². The van der Waals surface area contributed by atoms with Gasteiger partial charge in [0.1, 0.15) is 19.8 Å². The van der Waals surface area contributed by atoms with Gasteiger partial charge in [-0.3, -0.25) is 18.6 Å². The molecule has 0 bridgehead atoms. The average molecular weight is 1330 g/mol. The number of unbranched alkanes of at least 4 members (excludes halogenated alkanes) is 35. The van der Waals surface area contributed by atoms with Crippen LogP contribution in [0.1, 0.15) is 335 Å². The van der Waals surface area contributed by atoms with Gasteiger partial charge in [0.2, 0.25) is 0 Å². The molecule has 0 heterocycles. The van der Waals surface area contributed by atoms with E-state index in [2.05, 4.69) is 148 Å². The molecule has 1 N–H and O–H groups in total. The number of carbonyl (C=O) groups excluding carboxylic acids is 2. The molecule has 0 fully saturated rings. The van der Waals surface area contributed by atoms with E-state index in [4.69, 9.17) is 18.5 Å². The van der Waals surface area contributed by atoms with E-state index in [0.717, 1.165) is 109 Å². The van der Waals surface area contributed by atoms with Crippen molar-refractivity contribution in [2.24, 2.45) is 0 Å². The largest absolute Gasteiger partial charge is 0.472 e. The molecular formula is C84H147NO8P+. The van der Waals surface area contributed by atoms with Crippen LogP contribution >= 0.6 is 7.82 Å². The van der Waals surface area contributed by atoms with E-state index >= 15 is 0 Å². The first kappa shape index (κ1) is 90.2. The minimum atomic E-state index is -4.40. The Morgan fingerprint density at radius 3 is 0.904 bits per heavy atom. The van der Waals surface area contributed by atoms with Gasteiger partial charge in [-0.1, -0.05) is 340 Å². The summed E-state index contributed by atoms with van der Waals surface area (Å²) >= 11 is 0. The lowest BCUT2D eigenvalue weighted by Gasteiger charge is -2.24. The molecule has 0 aromatic rings. The highest BCUT2D eigenvalue weighted by Crippen LogP contribution is 2.43. The predicted molar refractivity (Wildman–Crippen MR) is 408 cm³/mol. The smallest absolute Gasteiger partial charge is 0.462 e. The van der Waals surface area contributed by atoms with E-state index in [-0.39, 0.29) is 32.0 Å². The number of phosphoric acid groups is 1. The number of carbonyl (C=O) groups is 2. The van der Waals surface area contributed by atoms with E-state index in [1.54, 1.807) is 0 Å². The second kappa shape index (κ2) is 73.4. The number of allylic oxidation sites excluding steroid dienone is 22. The Kier molecular flexibility index (Phi) is 70.4. The highest BCUT2D eigenvalue weighted by molar-refractivity contribution is 7.47. The van der Waals surface area contributed by atoms with Crippen molar-refractivity contribution in [1.29, 1.82) is 0 Å². The molecule has 0 aromatic carbocycles. The number of rotatable bonds is 71. The summed E-state index contributed by atoms with van der Waals surface area (Å²) in [6.07, 6.45) is 107. The highest BCUT2D eigenvalue weighted by Gasteiger charge is 2.27. The zero-order chi connectivity index (χ0) is 68.3. The third-order valence-electron chi connectivity index (χ3n) is 16.7. The number of hydrogen-bond donors (Lipinski definition) is 1. The summed E-state index contributed by atoms with van der Waals surface area (Å²) in [5.41, 5.74) is 0. The van der Waals surface area contributed by atoms with Gasteiger partial charge in [-0.25, -0.2) is 4.57 Å². The van der Waals surface area contributed by atoms with Crippen molar-refractivity contribution in [2.45, 2.75) is 341 Å². The van der Waals surface area contributed by atoms with E-state index in [1.165, 1.54) is 193 Å². The first-order valence-corrected chi connectivity index (χ1v) is 40.4. The van der Waals surface area contributed by atoms with Gasteiger partial charge < -0.3 is 18.9 Å². The Labute approximate surface area is 581 Å². The molecule has 2 unspecified atom stereocenters. The van der Waals surface area contributed by atoms with Crippen LogP contribution < -0.4 is 0 Å². The fourth-order valence-electron chi connectivity index (χ4n) is 10.7. The molecule has 10 heteroatoms. The topological polar surface area (TPSA) is 108 Å². The number of ether oxygens (including phenoxy) is 2. The number of nitrogens with zero attached hydrogens (tertiary/aromatic N) is 1. The molecule has 0 rings (SSSR count). The van der Waals surface area contributed by atoms with Gasteiger partial charge in [0.05, 0.1) is 27.7 Å². The third-order valence-corrected chi connectivity index (χ3v) is 17.6. The first-order chi connectivity index (χ1) is 46.0. The second-order valence-electron chi connectivity index (χ2n) is 27.0. The van der Waals surface area contributed by atoms with E-state index in [0.29, 0.717) is 17.4 Å². The lowest BCUT2D eigenvalue weighted by atomic mass is 10.0. The standard InChI is InChI=1S/C84H146NO8P/c1-6-8-10-12-14-16-18-20-22-24-26-28-30-32-34-36-38-40-41-42-43-45-47-49-51-53-55-57-59-61-63-65-67-69-71-73-75-77-84(87)93-82(81-92-94(88,89)91-79-78-85(3,4)5)80-90-83(86)76-74-72-70-68-66-64-62-60-58-56-54-52-50-48-46-44-39-37-35-33-31-29-27-25-23-21-19-17-15-13-11-9-7-2/h8,10,14,16,19-22,25-28,32,34,38,40,42-43,47,49,53,55,82H,6-7,9,11-13,15,17-18,23-24,29-31,33,35-37,39,41,44-46,48,50-52,54,56-81H2,1-5H3/p+1/b10-8-,16-14-,21-19-,22-20-,27-25-,28-26-,34-32-,40-38-,43-42-,49-47-,55-53-. The summed E-state index contributed by atoms with van der Waals surface area (Å²) in [4.78, 5) is 36.0. The van der Waals surface area contributed by atoms with E-state index in [9.17, 15) is 19.0 Å². The van der Waals surface area contributed by atoms with Crippen LogP contribution in [0.2, 0.25) is 0 Å². The fourth-order valence-corrected chi connectivity index (χ4v) is 11.5. The van der Waals surface area contributed by atoms with E-state index < -0.39 is 26.5 Å². The van der Waals surface area contributed by atoms with Crippen molar-refractivity contribution in [1.82, 2.24) is 0 Å². The van der Waals surface area contributed by atoms with Crippen LogP contribution in [-0.4, -0.2) is 74.9 Å². The summed E-state index contributed by atoms with van der Waals surface area (Å²) in [5.74, 6) is -0.799. The zero-order valence-corrected chi connectivity index (χ0v) is 62.6. The maximum absolute atomic E-state index is 12.9. The molecule has 0 spiro atoms. The van der Waals surface area contributed by atoms with Crippen LogP contribution in [0.5, 0.6) is 0 Å². The summed E-state index contributed by atoms with van der Waals surface area (Å²) < 4.78 is 34.8. The quantitative estimate of drug-likeness (QED) is 0.0211. The van der Waals surface area contributed by atoms with Crippen LogP contribution in [0, 0.1) is 0 Å². The monoisotopic (exact) mass is 1330 g/mol. The summed E-state index contributed by atoms with van der Waals surface area (Å²) in [6.45, 7) is 4.33. The Morgan fingerprint density at radius 1 is 0.340 bits per heavy atom. The molecule has 0 aliphatic heterocycles. The second-order valence-corrected chi connectivity index (χ2v) is 28.5. The summed E-state index contributed by atoms with van der Waals surface area (Å²) in [5, 5.41) is 0. The maximum atomic E-state index is 12.9. The summed E-state index contributed by atoms with van der Waals surface area (Å²) in [7, 11) is 1.47. The molecule has 0 radical (unpaired) electrons. The average Bonchev–Trinajstić information content (AvgIpc) is 1.56.